The maximum Gasteiger partial charge on any atom is 0.127 e. The summed E-state index contributed by atoms with van der Waals surface area (Å²) in [4.78, 5) is 0. The lowest BCUT2D eigenvalue weighted by molar-refractivity contribution is 0.135. The van der Waals surface area contributed by atoms with Crippen molar-refractivity contribution in [1.82, 2.24) is 9.78 Å². The van der Waals surface area contributed by atoms with Crippen molar-refractivity contribution in [2.45, 2.75) is 39.3 Å². The van der Waals surface area contributed by atoms with Crippen LogP contribution in [-0.2, 0) is 11.3 Å². The van der Waals surface area contributed by atoms with Crippen LogP contribution in [0, 0.1) is 13.8 Å². The molecule has 1 aromatic heterocycles. The Hall–Kier alpha value is -1.49. The molecule has 0 bridgehead atoms. The van der Waals surface area contributed by atoms with Gasteiger partial charge in [-0.15, -0.1) is 0 Å². The molecule has 0 radical (unpaired) electrons. The maximum atomic E-state index is 9.04. The molecule has 5 nitrogen and oxygen atoms in total. The van der Waals surface area contributed by atoms with Gasteiger partial charge in [0, 0.05) is 5.56 Å². The first-order chi connectivity index (χ1) is 8.72. The van der Waals surface area contributed by atoms with Gasteiger partial charge in [-0.1, -0.05) is 0 Å². The summed E-state index contributed by atoms with van der Waals surface area (Å²) in [5.74, 6) is 0.986. The Morgan fingerprint density at radius 2 is 2.39 bits per heavy atom. The second kappa shape index (κ2) is 5.91. The summed E-state index contributed by atoms with van der Waals surface area (Å²) in [6.07, 6.45) is 6.14. The van der Waals surface area contributed by atoms with E-state index in [0.29, 0.717) is 6.54 Å². The fourth-order valence-electron chi connectivity index (χ4n) is 2.10. The number of hydrogen-bond acceptors (Lipinski definition) is 4. The SMILES string of the molecule is Cc1nn(CCO)c(NC[C@H]2CCC=CO2)c1C. The minimum Gasteiger partial charge on any atom is -0.497 e. The van der Waals surface area contributed by atoms with Gasteiger partial charge in [-0.05, 0) is 32.8 Å². The fourth-order valence-corrected chi connectivity index (χ4v) is 2.10. The highest BCUT2D eigenvalue weighted by Gasteiger charge is 2.15. The van der Waals surface area contributed by atoms with Gasteiger partial charge < -0.3 is 15.2 Å². The number of aryl methyl sites for hydroxylation is 1. The lowest BCUT2D eigenvalue weighted by atomic mass is 10.1. The minimum absolute atomic E-state index is 0.0951. The van der Waals surface area contributed by atoms with E-state index in [0.717, 1.165) is 36.5 Å². The summed E-state index contributed by atoms with van der Waals surface area (Å²) in [6, 6.07) is 0. The molecule has 18 heavy (non-hydrogen) atoms. The normalized spacial score (nSPS) is 18.7. The van der Waals surface area contributed by atoms with Gasteiger partial charge in [0.15, 0.2) is 0 Å². The molecule has 0 saturated heterocycles. The predicted molar refractivity (Wildman–Crippen MR) is 70.5 cm³/mol. The molecule has 0 unspecified atom stereocenters. The van der Waals surface area contributed by atoms with Crippen LogP contribution in [-0.4, -0.2) is 34.1 Å². The molecular weight excluding hydrogens is 230 g/mol. The van der Waals surface area contributed by atoms with Crippen LogP contribution < -0.4 is 5.32 Å². The van der Waals surface area contributed by atoms with Crippen molar-refractivity contribution in [1.29, 1.82) is 0 Å². The Bertz CT molecular complexity index is 426. The van der Waals surface area contributed by atoms with Gasteiger partial charge in [-0.3, -0.25) is 0 Å². The van der Waals surface area contributed by atoms with Crippen LogP contribution in [0.2, 0.25) is 0 Å². The molecule has 1 aliphatic heterocycles. The number of hydrogen-bond donors (Lipinski definition) is 2. The van der Waals surface area contributed by atoms with E-state index < -0.39 is 0 Å². The van der Waals surface area contributed by atoms with Gasteiger partial charge in [-0.25, -0.2) is 4.68 Å². The third-order valence-corrected chi connectivity index (χ3v) is 3.26. The van der Waals surface area contributed by atoms with Crippen molar-refractivity contribution in [3.63, 3.8) is 0 Å². The number of anilines is 1. The summed E-state index contributed by atoms with van der Waals surface area (Å²) in [6.45, 7) is 5.40. The molecule has 0 amide bonds. The molecule has 5 heteroatoms. The van der Waals surface area contributed by atoms with Crippen molar-refractivity contribution < 1.29 is 9.84 Å². The third-order valence-electron chi connectivity index (χ3n) is 3.26. The Labute approximate surface area is 107 Å². The number of ether oxygens (including phenoxy) is 1. The van der Waals surface area contributed by atoms with E-state index >= 15 is 0 Å². The number of rotatable bonds is 5. The van der Waals surface area contributed by atoms with Crippen LogP contribution >= 0.6 is 0 Å². The van der Waals surface area contributed by atoms with E-state index in [1.165, 1.54) is 0 Å². The lowest BCUT2D eigenvalue weighted by Crippen LogP contribution is -2.24. The molecular formula is C13H21N3O2. The second-order valence-electron chi connectivity index (χ2n) is 4.59. The zero-order valence-electron chi connectivity index (χ0n) is 11.0. The van der Waals surface area contributed by atoms with Crippen LogP contribution in [0.3, 0.4) is 0 Å². The monoisotopic (exact) mass is 251 g/mol. The number of nitrogens with zero attached hydrogens (tertiary/aromatic N) is 2. The van der Waals surface area contributed by atoms with Gasteiger partial charge in [0.25, 0.3) is 0 Å². The first-order valence-corrected chi connectivity index (χ1v) is 6.41. The summed E-state index contributed by atoms with van der Waals surface area (Å²) >= 11 is 0. The van der Waals surface area contributed by atoms with Crippen LogP contribution in [0.15, 0.2) is 12.3 Å². The quantitative estimate of drug-likeness (QED) is 0.834. The van der Waals surface area contributed by atoms with E-state index in [1.54, 1.807) is 6.26 Å². The highest BCUT2D eigenvalue weighted by atomic mass is 16.5. The van der Waals surface area contributed by atoms with Crippen molar-refractivity contribution in [2.24, 2.45) is 0 Å². The van der Waals surface area contributed by atoms with Crippen LogP contribution in [0.25, 0.3) is 0 Å². The zero-order valence-corrected chi connectivity index (χ0v) is 11.0. The molecule has 2 rings (SSSR count). The molecule has 0 spiro atoms. The van der Waals surface area contributed by atoms with E-state index in [4.69, 9.17) is 9.84 Å². The average Bonchev–Trinajstić information content (AvgIpc) is 2.65. The zero-order chi connectivity index (χ0) is 13.0. The molecule has 1 aliphatic rings. The van der Waals surface area contributed by atoms with Crippen molar-refractivity contribution in [2.75, 3.05) is 18.5 Å². The number of aromatic nitrogens is 2. The Kier molecular flexibility index (Phi) is 4.25. The van der Waals surface area contributed by atoms with Crippen molar-refractivity contribution >= 4 is 5.82 Å². The summed E-state index contributed by atoms with van der Waals surface area (Å²) in [5, 5.41) is 16.8. The highest BCUT2D eigenvalue weighted by Crippen LogP contribution is 2.19. The van der Waals surface area contributed by atoms with Crippen LogP contribution in [0.4, 0.5) is 5.82 Å². The van der Waals surface area contributed by atoms with E-state index in [9.17, 15) is 0 Å². The van der Waals surface area contributed by atoms with Gasteiger partial charge in [0.2, 0.25) is 0 Å². The van der Waals surface area contributed by atoms with Gasteiger partial charge >= 0.3 is 0 Å². The molecule has 0 saturated carbocycles. The van der Waals surface area contributed by atoms with Crippen molar-refractivity contribution in [3.8, 4) is 0 Å². The Morgan fingerprint density at radius 3 is 3.06 bits per heavy atom. The first kappa shape index (κ1) is 13.0. The molecule has 0 aliphatic carbocycles. The molecule has 100 valence electrons. The topological polar surface area (TPSA) is 59.3 Å². The van der Waals surface area contributed by atoms with Gasteiger partial charge in [0.1, 0.15) is 11.9 Å². The Balaban J connectivity index is 2.01. The average molecular weight is 251 g/mol. The van der Waals surface area contributed by atoms with Crippen LogP contribution in [0.1, 0.15) is 24.1 Å². The van der Waals surface area contributed by atoms with E-state index in [-0.39, 0.29) is 12.7 Å². The minimum atomic E-state index is 0.0951. The largest absolute Gasteiger partial charge is 0.497 e. The van der Waals surface area contributed by atoms with Crippen molar-refractivity contribution in [3.05, 3.63) is 23.6 Å². The summed E-state index contributed by atoms with van der Waals surface area (Å²) in [5.41, 5.74) is 2.13. The van der Waals surface area contributed by atoms with Crippen LogP contribution in [0.5, 0.6) is 0 Å². The smallest absolute Gasteiger partial charge is 0.127 e. The number of nitrogens with one attached hydrogen (secondary N) is 1. The number of allylic oxidation sites excluding steroid dienone is 1. The molecule has 2 heterocycles. The van der Waals surface area contributed by atoms with E-state index in [1.807, 2.05) is 24.6 Å². The fraction of sp³-hybridized carbons (Fsp3) is 0.615. The molecule has 0 aromatic carbocycles. The number of aliphatic hydroxyl groups excluding tert-OH is 1. The van der Waals surface area contributed by atoms with Gasteiger partial charge in [0.05, 0.1) is 31.7 Å². The molecule has 2 N–H and O–H groups in total. The summed E-state index contributed by atoms with van der Waals surface area (Å²) in [7, 11) is 0. The van der Waals surface area contributed by atoms with E-state index in [2.05, 4.69) is 10.4 Å². The molecule has 1 atom stereocenters. The highest BCUT2D eigenvalue weighted by molar-refractivity contribution is 5.46. The van der Waals surface area contributed by atoms with Gasteiger partial charge in [-0.2, -0.15) is 5.10 Å². The Morgan fingerprint density at radius 1 is 1.56 bits per heavy atom. The third kappa shape index (κ3) is 2.85. The molecule has 1 aromatic rings. The maximum absolute atomic E-state index is 9.04. The standard InChI is InChI=1S/C13H21N3O2/c1-10-11(2)15-16(6-7-17)13(10)14-9-12-5-3-4-8-18-12/h4,8,12,14,17H,3,5-7,9H2,1-2H3/t12-/m1/s1. The second-order valence-corrected chi connectivity index (χ2v) is 4.59. The predicted octanol–water partition coefficient (Wildman–Crippen LogP) is 1.60. The molecule has 0 fully saturated rings. The lowest BCUT2D eigenvalue weighted by Gasteiger charge is -2.20. The first-order valence-electron chi connectivity index (χ1n) is 6.41. The number of aliphatic hydroxyl groups is 1. The summed E-state index contributed by atoms with van der Waals surface area (Å²) < 4.78 is 7.35.